The lowest BCUT2D eigenvalue weighted by atomic mass is 10.1. The quantitative estimate of drug-likeness (QED) is 0.650. The van der Waals surface area contributed by atoms with E-state index in [4.69, 9.17) is 16.6 Å². The second-order valence-corrected chi connectivity index (χ2v) is 8.13. The molecule has 0 radical (unpaired) electrons. The van der Waals surface area contributed by atoms with Gasteiger partial charge >= 0.3 is 0 Å². The number of aryl methyl sites for hydroxylation is 2. The van der Waals surface area contributed by atoms with Gasteiger partial charge in [-0.15, -0.1) is 0 Å². The molecule has 0 atom stereocenters. The van der Waals surface area contributed by atoms with Gasteiger partial charge in [-0.2, -0.15) is 0 Å². The van der Waals surface area contributed by atoms with Crippen LogP contribution in [0.3, 0.4) is 0 Å². The minimum Gasteiger partial charge on any atom is -0.345 e. The topological polar surface area (TPSA) is 36.4 Å². The van der Waals surface area contributed by atoms with Crippen LogP contribution in [0.25, 0.3) is 10.2 Å². The van der Waals surface area contributed by atoms with Crippen LogP contribution in [0.1, 0.15) is 21.5 Å². The molecular formula is C20H20ClN3OS. The lowest BCUT2D eigenvalue weighted by molar-refractivity contribution is 0.0747. The standard InChI is InChI=1S/C20H20ClN3OS/c1-13-10-14(2)18-17(11-13)22-20(26-18)24-8-6-23(7-9-24)19(25)15-4-3-5-16(21)12-15/h3-5,10-12H,6-9H2,1-2H3. The predicted octanol–water partition coefficient (Wildman–Crippen LogP) is 4.53. The average Bonchev–Trinajstić information content (AvgIpc) is 3.05. The van der Waals surface area contributed by atoms with Crippen molar-refractivity contribution >= 4 is 44.2 Å². The van der Waals surface area contributed by atoms with Gasteiger partial charge in [0, 0.05) is 36.8 Å². The van der Waals surface area contributed by atoms with E-state index in [0.717, 1.165) is 23.7 Å². The number of nitrogens with zero attached hydrogens (tertiary/aromatic N) is 3. The fourth-order valence-corrected chi connectivity index (χ4v) is 4.66. The molecule has 0 saturated carbocycles. The summed E-state index contributed by atoms with van der Waals surface area (Å²) in [5.41, 5.74) is 4.24. The van der Waals surface area contributed by atoms with Crippen molar-refractivity contribution in [2.24, 2.45) is 0 Å². The third-order valence-electron chi connectivity index (χ3n) is 4.72. The Hall–Kier alpha value is -2.11. The SMILES string of the molecule is Cc1cc(C)c2sc(N3CCN(C(=O)c4cccc(Cl)c4)CC3)nc2c1. The number of carbonyl (C=O) groups excluding carboxylic acids is 1. The number of amides is 1. The van der Waals surface area contributed by atoms with Gasteiger partial charge < -0.3 is 9.80 Å². The van der Waals surface area contributed by atoms with Gasteiger partial charge in [0.2, 0.25) is 0 Å². The number of piperazine rings is 1. The fraction of sp³-hybridized carbons (Fsp3) is 0.300. The molecule has 1 saturated heterocycles. The third-order valence-corrected chi connectivity index (χ3v) is 6.22. The second kappa shape index (κ2) is 6.89. The molecule has 0 bridgehead atoms. The van der Waals surface area contributed by atoms with E-state index in [1.165, 1.54) is 15.8 Å². The summed E-state index contributed by atoms with van der Waals surface area (Å²) in [6.45, 7) is 7.22. The van der Waals surface area contributed by atoms with Crippen LogP contribution in [0.4, 0.5) is 5.13 Å². The van der Waals surface area contributed by atoms with E-state index >= 15 is 0 Å². The van der Waals surface area contributed by atoms with E-state index in [1.807, 2.05) is 17.0 Å². The summed E-state index contributed by atoms with van der Waals surface area (Å²) in [7, 11) is 0. The molecule has 0 aliphatic carbocycles. The van der Waals surface area contributed by atoms with Crippen molar-refractivity contribution in [3.05, 3.63) is 58.1 Å². The van der Waals surface area contributed by atoms with Gasteiger partial charge in [0.15, 0.2) is 5.13 Å². The van der Waals surface area contributed by atoms with Crippen LogP contribution in [-0.4, -0.2) is 42.0 Å². The normalized spacial score (nSPS) is 14.9. The van der Waals surface area contributed by atoms with Gasteiger partial charge in [-0.25, -0.2) is 4.98 Å². The highest BCUT2D eigenvalue weighted by molar-refractivity contribution is 7.22. The first-order valence-electron chi connectivity index (χ1n) is 8.69. The van der Waals surface area contributed by atoms with Crippen molar-refractivity contribution in [3.8, 4) is 0 Å². The van der Waals surface area contributed by atoms with Gasteiger partial charge in [0.25, 0.3) is 5.91 Å². The van der Waals surface area contributed by atoms with E-state index in [1.54, 1.807) is 23.5 Å². The number of benzene rings is 2. The summed E-state index contributed by atoms with van der Waals surface area (Å²) in [5.74, 6) is 0.0444. The largest absolute Gasteiger partial charge is 0.345 e. The van der Waals surface area contributed by atoms with Crippen LogP contribution in [-0.2, 0) is 0 Å². The van der Waals surface area contributed by atoms with Crippen molar-refractivity contribution in [2.45, 2.75) is 13.8 Å². The lowest BCUT2D eigenvalue weighted by Gasteiger charge is -2.34. The molecule has 26 heavy (non-hydrogen) atoms. The highest BCUT2D eigenvalue weighted by Crippen LogP contribution is 2.32. The van der Waals surface area contributed by atoms with Crippen LogP contribution in [0.2, 0.25) is 5.02 Å². The van der Waals surface area contributed by atoms with E-state index < -0.39 is 0 Å². The van der Waals surface area contributed by atoms with Gasteiger partial charge in [0.1, 0.15) is 0 Å². The first-order chi connectivity index (χ1) is 12.5. The molecule has 0 N–H and O–H groups in total. The van der Waals surface area contributed by atoms with Crippen LogP contribution < -0.4 is 4.90 Å². The van der Waals surface area contributed by atoms with Crippen LogP contribution in [0.5, 0.6) is 0 Å². The zero-order chi connectivity index (χ0) is 18.3. The molecule has 1 aliphatic heterocycles. The molecule has 6 heteroatoms. The van der Waals surface area contributed by atoms with E-state index in [9.17, 15) is 4.79 Å². The molecule has 0 unspecified atom stereocenters. The minimum atomic E-state index is 0.0444. The summed E-state index contributed by atoms with van der Waals surface area (Å²) in [6, 6.07) is 11.5. The number of hydrogen-bond acceptors (Lipinski definition) is 4. The highest BCUT2D eigenvalue weighted by Gasteiger charge is 2.24. The van der Waals surface area contributed by atoms with Crippen molar-refractivity contribution in [1.82, 2.24) is 9.88 Å². The Balaban J connectivity index is 1.48. The Morgan fingerprint density at radius 3 is 2.62 bits per heavy atom. The molecule has 134 valence electrons. The number of anilines is 1. The molecule has 0 spiro atoms. The summed E-state index contributed by atoms with van der Waals surface area (Å²) in [5, 5.41) is 1.64. The van der Waals surface area contributed by atoms with Crippen molar-refractivity contribution < 1.29 is 4.79 Å². The minimum absolute atomic E-state index is 0.0444. The molecule has 1 aromatic heterocycles. The smallest absolute Gasteiger partial charge is 0.254 e. The maximum absolute atomic E-state index is 12.7. The van der Waals surface area contributed by atoms with Crippen molar-refractivity contribution in [1.29, 1.82) is 0 Å². The first kappa shape index (κ1) is 17.3. The Morgan fingerprint density at radius 1 is 1.12 bits per heavy atom. The number of thiazole rings is 1. The number of carbonyl (C=O) groups is 1. The summed E-state index contributed by atoms with van der Waals surface area (Å²) in [6.07, 6.45) is 0. The zero-order valence-corrected chi connectivity index (χ0v) is 16.4. The van der Waals surface area contributed by atoms with Crippen LogP contribution in [0, 0.1) is 13.8 Å². The van der Waals surface area contributed by atoms with E-state index in [0.29, 0.717) is 23.7 Å². The summed E-state index contributed by atoms with van der Waals surface area (Å²) >= 11 is 7.75. The maximum atomic E-state index is 12.7. The number of fused-ring (bicyclic) bond motifs is 1. The number of rotatable bonds is 2. The molecular weight excluding hydrogens is 366 g/mol. The Labute approximate surface area is 162 Å². The predicted molar refractivity (Wildman–Crippen MR) is 109 cm³/mol. The van der Waals surface area contributed by atoms with Gasteiger partial charge in [-0.3, -0.25) is 4.79 Å². The molecule has 1 aliphatic rings. The molecule has 2 aromatic carbocycles. The van der Waals surface area contributed by atoms with E-state index in [2.05, 4.69) is 30.9 Å². The summed E-state index contributed by atoms with van der Waals surface area (Å²) < 4.78 is 1.25. The van der Waals surface area contributed by atoms with Gasteiger partial charge in [0.05, 0.1) is 10.2 Å². The van der Waals surface area contributed by atoms with Gasteiger partial charge in [-0.05, 0) is 49.2 Å². The number of hydrogen-bond donors (Lipinski definition) is 0. The van der Waals surface area contributed by atoms with E-state index in [-0.39, 0.29) is 5.91 Å². The molecule has 1 fully saturated rings. The van der Waals surface area contributed by atoms with Crippen molar-refractivity contribution in [2.75, 3.05) is 31.1 Å². The van der Waals surface area contributed by atoms with Crippen LogP contribution >= 0.6 is 22.9 Å². The molecule has 2 heterocycles. The second-order valence-electron chi connectivity index (χ2n) is 6.72. The molecule has 3 aromatic rings. The maximum Gasteiger partial charge on any atom is 0.254 e. The third kappa shape index (κ3) is 3.29. The highest BCUT2D eigenvalue weighted by atomic mass is 35.5. The van der Waals surface area contributed by atoms with Crippen LogP contribution in [0.15, 0.2) is 36.4 Å². The van der Waals surface area contributed by atoms with Gasteiger partial charge in [-0.1, -0.05) is 35.1 Å². The molecule has 1 amide bonds. The zero-order valence-electron chi connectivity index (χ0n) is 14.8. The Kier molecular flexibility index (Phi) is 4.59. The monoisotopic (exact) mass is 385 g/mol. The van der Waals surface area contributed by atoms with Crippen molar-refractivity contribution in [3.63, 3.8) is 0 Å². The lowest BCUT2D eigenvalue weighted by Crippen LogP contribution is -2.48. The Morgan fingerprint density at radius 2 is 1.88 bits per heavy atom. The number of aromatic nitrogens is 1. The Bertz CT molecular complexity index is 976. The first-order valence-corrected chi connectivity index (χ1v) is 9.88. The molecule has 4 rings (SSSR count). The number of halogens is 1. The molecule has 4 nitrogen and oxygen atoms in total. The average molecular weight is 386 g/mol. The summed E-state index contributed by atoms with van der Waals surface area (Å²) in [4.78, 5) is 21.6. The fourth-order valence-electron chi connectivity index (χ4n) is 3.41.